The third-order valence-electron chi connectivity index (χ3n) is 5.66. The summed E-state index contributed by atoms with van der Waals surface area (Å²) in [7, 11) is 2.06. The molecule has 2 aromatic rings. The van der Waals surface area contributed by atoms with Gasteiger partial charge in [-0.3, -0.25) is 0 Å². The Bertz CT molecular complexity index is 713. The molecule has 1 aromatic carbocycles. The lowest BCUT2D eigenvalue weighted by Gasteiger charge is -2.39. The lowest BCUT2D eigenvalue weighted by atomic mass is 9.92. The number of fused-ring (bicyclic) bond motifs is 1. The van der Waals surface area contributed by atoms with Crippen LogP contribution in [0.3, 0.4) is 0 Å². The normalized spacial score (nSPS) is 22.3. The molecule has 2 aliphatic rings. The number of rotatable bonds is 4. The average molecular weight is 344 g/mol. The number of aryl methyl sites for hydroxylation is 1. The third-order valence-corrected chi connectivity index (χ3v) is 5.66. The Morgan fingerprint density at radius 1 is 1.20 bits per heavy atom. The minimum Gasteiger partial charge on any atom is -0.490 e. The van der Waals surface area contributed by atoms with E-state index in [1.165, 1.54) is 10.9 Å². The molecule has 0 aliphatic carbocycles. The van der Waals surface area contributed by atoms with Crippen molar-refractivity contribution in [3.05, 3.63) is 30.5 Å². The van der Waals surface area contributed by atoms with E-state index in [0.29, 0.717) is 13.2 Å². The van der Waals surface area contributed by atoms with Crippen molar-refractivity contribution in [1.82, 2.24) is 9.47 Å². The zero-order chi connectivity index (χ0) is 17.3. The summed E-state index contributed by atoms with van der Waals surface area (Å²) in [4.78, 5) is 2.38. The Morgan fingerprint density at radius 3 is 2.72 bits per heavy atom. The third kappa shape index (κ3) is 3.68. The van der Waals surface area contributed by atoms with Gasteiger partial charge >= 0.3 is 0 Å². The molecule has 0 unspecified atom stereocenters. The zero-order valence-electron chi connectivity index (χ0n) is 15.0. The second kappa shape index (κ2) is 6.98. The van der Waals surface area contributed by atoms with E-state index >= 15 is 0 Å². The van der Waals surface area contributed by atoms with Crippen molar-refractivity contribution >= 4 is 10.9 Å². The number of aromatic nitrogens is 1. The second-order valence-corrected chi connectivity index (χ2v) is 7.55. The molecule has 0 bridgehead atoms. The lowest BCUT2D eigenvalue weighted by molar-refractivity contribution is -0.0844. The Labute approximate surface area is 149 Å². The number of likely N-dealkylation sites (tertiary alicyclic amines) is 1. The van der Waals surface area contributed by atoms with Crippen molar-refractivity contribution in [3.8, 4) is 5.75 Å². The summed E-state index contributed by atoms with van der Waals surface area (Å²) >= 11 is 0. The quantitative estimate of drug-likeness (QED) is 0.926. The first-order valence-corrected chi connectivity index (χ1v) is 9.36. The molecule has 5 nitrogen and oxygen atoms in total. The van der Waals surface area contributed by atoms with E-state index in [1.807, 2.05) is 0 Å². The number of β-amino-alcohol motifs (C(OH)–C–C–N with tert-alkyl or cyclic N) is 1. The van der Waals surface area contributed by atoms with Gasteiger partial charge in [-0.05, 0) is 31.0 Å². The second-order valence-electron chi connectivity index (χ2n) is 7.55. The SMILES string of the molecule is Cn1ccc2c(OC3CCN(CC4(O)CCOCC4)CC3)cccc21. The van der Waals surface area contributed by atoms with Crippen LogP contribution in [0.4, 0.5) is 0 Å². The molecule has 5 heteroatoms. The fraction of sp³-hybridized carbons (Fsp3) is 0.600. The summed E-state index contributed by atoms with van der Waals surface area (Å²) in [5.74, 6) is 0.986. The van der Waals surface area contributed by atoms with Gasteiger partial charge in [0.1, 0.15) is 11.9 Å². The molecule has 136 valence electrons. The molecule has 3 heterocycles. The molecule has 0 atom stereocenters. The van der Waals surface area contributed by atoms with E-state index in [-0.39, 0.29) is 6.10 Å². The van der Waals surface area contributed by atoms with Gasteiger partial charge in [0.05, 0.1) is 11.1 Å². The number of benzene rings is 1. The molecule has 4 rings (SSSR count). The molecular weight excluding hydrogens is 316 g/mol. The molecule has 0 spiro atoms. The van der Waals surface area contributed by atoms with Crippen LogP contribution in [0, 0.1) is 0 Å². The highest BCUT2D eigenvalue weighted by Crippen LogP contribution is 2.29. The van der Waals surface area contributed by atoms with Gasteiger partial charge in [0.25, 0.3) is 0 Å². The predicted octanol–water partition coefficient (Wildman–Crippen LogP) is 2.56. The highest BCUT2D eigenvalue weighted by molar-refractivity contribution is 5.86. The Kier molecular flexibility index (Phi) is 4.71. The fourth-order valence-corrected chi connectivity index (χ4v) is 4.07. The summed E-state index contributed by atoms with van der Waals surface area (Å²) in [6.45, 7) is 4.09. The van der Waals surface area contributed by atoms with Crippen LogP contribution in [0.1, 0.15) is 25.7 Å². The molecular formula is C20H28N2O3. The van der Waals surface area contributed by atoms with E-state index < -0.39 is 5.60 Å². The highest BCUT2D eigenvalue weighted by Gasteiger charge is 2.33. The lowest BCUT2D eigenvalue weighted by Crippen LogP contribution is -2.50. The Hall–Kier alpha value is -1.56. The van der Waals surface area contributed by atoms with Crippen molar-refractivity contribution in [3.63, 3.8) is 0 Å². The van der Waals surface area contributed by atoms with Crippen molar-refractivity contribution in [2.45, 2.75) is 37.4 Å². The first kappa shape index (κ1) is 16.9. The molecule has 25 heavy (non-hydrogen) atoms. The molecule has 2 fully saturated rings. The number of hydrogen-bond acceptors (Lipinski definition) is 4. The molecule has 2 aliphatic heterocycles. The van der Waals surface area contributed by atoms with Crippen LogP contribution in [-0.2, 0) is 11.8 Å². The van der Waals surface area contributed by atoms with Crippen LogP contribution in [0.15, 0.2) is 30.5 Å². The molecule has 0 radical (unpaired) electrons. The summed E-state index contributed by atoms with van der Waals surface area (Å²) in [6, 6.07) is 8.38. The van der Waals surface area contributed by atoms with E-state index in [9.17, 15) is 5.11 Å². The van der Waals surface area contributed by atoms with Gasteiger partial charge in [-0.25, -0.2) is 0 Å². The monoisotopic (exact) mass is 344 g/mol. The summed E-state index contributed by atoms with van der Waals surface area (Å²) in [5.41, 5.74) is 0.637. The van der Waals surface area contributed by atoms with Gasteiger partial charge in [0, 0.05) is 64.3 Å². The average Bonchev–Trinajstić information content (AvgIpc) is 2.99. The van der Waals surface area contributed by atoms with Crippen molar-refractivity contribution in [2.75, 3.05) is 32.8 Å². The molecule has 0 saturated carbocycles. The maximum absolute atomic E-state index is 10.7. The van der Waals surface area contributed by atoms with Gasteiger partial charge in [-0.2, -0.15) is 0 Å². The zero-order valence-corrected chi connectivity index (χ0v) is 15.0. The van der Waals surface area contributed by atoms with Crippen LogP contribution >= 0.6 is 0 Å². The summed E-state index contributed by atoms with van der Waals surface area (Å²) in [6.07, 6.45) is 5.85. The van der Waals surface area contributed by atoms with Crippen molar-refractivity contribution in [2.24, 2.45) is 7.05 Å². The first-order chi connectivity index (χ1) is 12.1. The number of hydrogen-bond donors (Lipinski definition) is 1. The number of piperidine rings is 1. The van der Waals surface area contributed by atoms with Gasteiger partial charge in [0.15, 0.2) is 0 Å². The fourth-order valence-electron chi connectivity index (χ4n) is 4.07. The minimum atomic E-state index is -0.568. The van der Waals surface area contributed by atoms with Crippen LogP contribution in [0.25, 0.3) is 10.9 Å². The van der Waals surface area contributed by atoms with Crippen LogP contribution in [0.5, 0.6) is 5.75 Å². The highest BCUT2D eigenvalue weighted by atomic mass is 16.5. The van der Waals surface area contributed by atoms with Crippen molar-refractivity contribution in [1.29, 1.82) is 0 Å². The van der Waals surface area contributed by atoms with Gasteiger partial charge in [-0.15, -0.1) is 0 Å². The van der Waals surface area contributed by atoms with E-state index in [1.54, 1.807) is 0 Å². The summed E-state index contributed by atoms with van der Waals surface area (Å²) < 4.78 is 13.8. The molecule has 1 N–H and O–H groups in total. The molecule has 2 saturated heterocycles. The molecule has 1 aromatic heterocycles. The topological polar surface area (TPSA) is 46.9 Å². The predicted molar refractivity (Wildman–Crippen MR) is 98.0 cm³/mol. The number of nitrogens with zero attached hydrogens (tertiary/aromatic N) is 2. The Balaban J connectivity index is 1.34. The number of aliphatic hydroxyl groups is 1. The maximum atomic E-state index is 10.7. The maximum Gasteiger partial charge on any atom is 0.129 e. The van der Waals surface area contributed by atoms with Gasteiger partial charge in [-0.1, -0.05) is 6.07 Å². The van der Waals surface area contributed by atoms with E-state index in [2.05, 4.69) is 47.0 Å². The summed E-state index contributed by atoms with van der Waals surface area (Å²) in [5, 5.41) is 11.9. The van der Waals surface area contributed by atoms with Gasteiger partial charge < -0.3 is 24.0 Å². The van der Waals surface area contributed by atoms with Crippen LogP contribution in [-0.4, -0.2) is 59.1 Å². The smallest absolute Gasteiger partial charge is 0.129 e. The molecule has 0 amide bonds. The van der Waals surface area contributed by atoms with Gasteiger partial charge in [0.2, 0.25) is 0 Å². The van der Waals surface area contributed by atoms with E-state index in [4.69, 9.17) is 9.47 Å². The van der Waals surface area contributed by atoms with Crippen molar-refractivity contribution < 1.29 is 14.6 Å². The van der Waals surface area contributed by atoms with Crippen LogP contribution < -0.4 is 4.74 Å². The Morgan fingerprint density at radius 2 is 1.96 bits per heavy atom. The van der Waals surface area contributed by atoms with E-state index in [0.717, 1.165) is 51.1 Å². The van der Waals surface area contributed by atoms with Crippen LogP contribution in [0.2, 0.25) is 0 Å². The number of ether oxygens (including phenoxy) is 2. The standard InChI is InChI=1S/C20H28N2O3/c1-21-10-7-17-18(21)3-2-4-19(17)25-16-5-11-22(12-6-16)15-20(23)8-13-24-14-9-20/h2-4,7,10,16,23H,5-6,8-9,11-15H2,1H3. The largest absolute Gasteiger partial charge is 0.490 e. The minimum absolute atomic E-state index is 0.256. The first-order valence-electron chi connectivity index (χ1n) is 9.36.